The Hall–Kier alpha value is -0.720. The van der Waals surface area contributed by atoms with Crippen molar-refractivity contribution in [1.29, 1.82) is 0 Å². The van der Waals surface area contributed by atoms with Crippen LogP contribution in [0.5, 0.6) is 5.75 Å². The maximum Gasteiger partial charge on any atom is 0.304 e. The largest absolute Gasteiger partial charge is 0.491 e. The van der Waals surface area contributed by atoms with Crippen molar-refractivity contribution in [2.24, 2.45) is 0 Å². The summed E-state index contributed by atoms with van der Waals surface area (Å²) in [6, 6.07) is 7.28. The highest BCUT2D eigenvalue weighted by Gasteiger charge is 2.73. The van der Waals surface area contributed by atoms with Gasteiger partial charge in [0, 0.05) is 4.47 Å². The molecular weight excluding hydrogens is 310 g/mol. The predicted octanol–water partition coefficient (Wildman–Crippen LogP) is 2.63. The first-order valence-electron chi connectivity index (χ1n) is 5.60. The maximum absolute atomic E-state index is 13.0. The second-order valence-electron chi connectivity index (χ2n) is 4.37. The standard InChI is InChI=1S/C12H11BrF2O3/c13-7-1-3-8(4-2-7)16-5-9-6-17-10-11(18-9)12(10,14)15/h1-4,9-11H,5-6H2/t9?,10-,11+/m0/s1. The zero-order valence-corrected chi connectivity index (χ0v) is 10.9. The van der Waals surface area contributed by atoms with Crippen molar-refractivity contribution in [1.82, 2.24) is 0 Å². The van der Waals surface area contributed by atoms with E-state index in [2.05, 4.69) is 15.9 Å². The number of rotatable bonds is 3. The van der Waals surface area contributed by atoms with E-state index in [9.17, 15) is 8.78 Å². The SMILES string of the molecule is FC1(F)[C@@H]2OC(COc3ccc(Br)cc3)CO[C@@H]21. The Bertz CT molecular complexity index is 437. The molecule has 0 spiro atoms. The molecule has 3 nitrogen and oxygen atoms in total. The molecule has 3 rings (SSSR count). The van der Waals surface area contributed by atoms with E-state index in [1.54, 1.807) is 12.1 Å². The lowest BCUT2D eigenvalue weighted by Gasteiger charge is -2.21. The highest BCUT2D eigenvalue weighted by molar-refractivity contribution is 9.10. The van der Waals surface area contributed by atoms with Gasteiger partial charge >= 0.3 is 5.92 Å². The van der Waals surface area contributed by atoms with E-state index in [0.29, 0.717) is 5.75 Å². The molecule has 0 bridgehead atoms. The van der Waals surface area contributed by atoms with Gasteiger partial charge in [0.25, 0.3) is 0 Å². The van der Waals surface area contributed by atoms with E-state index in [1.165, 1.54) is 0 Å². The summed E-state index contributed by atoms with van der Waals surface area (Å²) in [4.78, 5) is 0. The minimum absolute atomic E-state index is 0.146. The van der Waals surface area contributed by atoms with Crippen molar-refractivity contribution in [3.8, 4) is 5.75 Å². The van der Waals surface area contributed by atoms with E-state index in [1.807, 2.05) is 12.1 Å². The third-order valence-corrected chi connectivity index (χ3v) is 3.50. The van der Waals surface area contributed by atoms with Crippen molar-refractivity contribution in [2.45, 2.75) is 24.2 Å². The van der Waals surface area contributed by atoms with Gasteiger partial charge in [-0.2, -0.15) is 0 Å². The summed E-state index contributed by atoms with van der Waals surface area (Å²) in [6.45, 7) is 0.355. The number of halogens is 3. The monoisotopic (exact) mass is 320 g/mol. The average Bonchev–Trinajstić information content (AvgIpc) is 2.91. The molecule has 1 heterocycles. The van der Waals surface area contributed by atoms with Crippen LogP contribution in [0.2, 0.25) is 0 Å². The van der Waals surface area contributed by atoms with Gasteiger partial charge in [-0.25, -0.2) is 8.78 Å². The van der Waals surface area contributed by atoms with E-state index < -0.39 is 24.2 Å². The van der Waals surface area contributed by atoms with Gasteiger partial charge in [-0.1, -0.05) is 15.9 Å². The third-order valence-electron chi connectivity index (χ3n) is 2.97. The highest BCUT2D eigenvalue weighted by Crippen LogP contribution is 2.49. The fourth-order valence-electron chi connectivity index (χ4n) is 1.90. The van der Waals surface area contributed by atoms with Gasteiger partial charge in [0.1, 0.15) is 18.5 Å². The number of fused-ring (bicyclic) bond motifs is 1. The summed E-state index contributed by atoms with van der Waals surface area (Å²) in [5, 5.41) is 0. The lowest BCUT2D eigenvalue weighted by molar-refractivity contribution is -0.106. The summed E-state index contributed by atoms with van der Waals surface area (Å²) in [6.07, 6.45) is -2.59. The fourth-order valence-corrected chi connectivity index (χ4v) is 2.16. The van der Waals surface area contributed by atoms with Gasteiger partial charge in [0.15, 0.2) is 12.2 Å². The van der Waals surface area contributed by atoms with Crippen LogP contribution in [0.3, 0.4) is 0 Å². The summed E-state index contributed by atoms with van der Waals surface area (Å²) in [5.41, 5.74) is 0. The molecule has 1 aliphatic heterocycles. The first-order valence-corrected chi connectivity index (χ1v) is 6.40. The maximum atomic E-state index is 13.0. The Morgan fingerprint density at radius 3 is 2.67 bits per heavy atom. The van der Waals surface area contributed by atoms with Crippen LogP contribution >= 0.6 is 15.9 Å². The molecule has 2 fully saturated rings. The Labute approximate surface area is 111 Å². The summed E-state index contributed by atoms with van der Waals surface area (Å²) in [5.74, 6) is -2.15. The molecule has 1 aromatic rings. The van der Waals surface area contributed by atoms with Gasteiger partial charge in [-0.05, 0) is 24.3 Å². The van der Waals surface area contributed by atoms with Crippen molar-refractivity contribution >= 4 is 15.9 Å². The summed E-state index contributed by atoms with van der Waals surface area (Å²) >= 11 is 3.32. The van der Waals surface area contributed by atoms with Gasteiger partial charge in [-0.3, -0.25) is 0 Å². The molecule has 6 heteroatoms. The quantitative estimate of drug-likeness (QED) is 0.857. The van der Waals surface area contributed by atoms with E-state index >= 15 is 0 Å². The molecule has 0 amide bonds. The molecule has 0 radical (unpaired) electrons. The zero-order chi connectivity index (χ0) is 12.8. The molecule has 18 heavy (non-hydrogen) atoms. The molecule has 1 saturated carbocycles. The van der Waals surface area contributed by atoms with Crippen LogP contribution in [-0.4, -0.2) is 37.4 Å². The fraction of sp³-hybridized carbons (Fsp3) is 0.500. The Morgan fingerprint density at radius 1 is 1.28 bits per heavy atom. The van der Waals surface area contributed by atoms with E-state index in [-0.39, 0.29) is 13.2 Å². The summed E-state index contributed by atoms with van der Waals surface area (Å²) < 4.78 is 42.6. The smallest absolute Gasteiger partial charge is 0.304 e. The molecule has 1 saturated heterocycles. The lowest BCUT2D eigenvalue weighted by Crippen LogP contribution is -2.33. The van der Waals surface area contributed by atoms with Crippen molar-refractivity contribution in [2.75, 3.05) is 13.2 Å². The van der Waals surface area contributed by atoms with Gasteiger partial charge < -0.3 is 14.2 Å². The Balaban J connectivity index is 1.51. The molecule has 2 aliphatic rings. The Morgan fingerprint density at radius 2 is 2.00 bits per heavy atom. The molecule has 1 aliphatic carbocycles. The number of ether oxygens (including phenoxy) is 3. The Kier molecular flexibility index (Phi) is 3.03. The van der Waals surface area contributed by atoms with Gasteiger partial charge in [0.2, 0.25) is 0 Å². The molecule has 1 unspecified atom stereocenters. The normalized spacial score (nSPS) is 32.7. The van der Waals surface area contributed by atoms with Gasteiger partial charge in [-0.15, -0.1) is 0 Å². The van der Waals surface area contributed by atoms with Crippen LogP contribution in [0.25, 0.3) is 0 Å². The zero-order valence-electron chi connectivity index (χ0n) is 9.31. The molecule has 1 aromatic carbocycles. The van der Waals surface area contributed by atoms with Crippen LogP contribution < -0.4 is 4.74 Å². The summed E-state index contributed by atoms with van der Waals surface area (Å²) in [7, 11) is 0. The van der Waals surface area contributed by atoms with E-state index in [4.69, 9.17) is 14.2 Å². The molecule has 0 N–H and O–H groups in total. The minimum atomic E-state index is -2.83. The van der Waals surface area contributed by atoms with Crippen LogP contribution in [0.15, 0.2) is 28.7 Å². The predicted molar refractivity (Wildman–Crippen MR) is 63.0 cm³/mol. The molecule has 0 aromatic heterocycles. The van der Waals surface area contributed by atoms with Crippen LogP contribution in [0.4, 0.5) is 8.78 Å². The van der Waals surface area contributed by atoms with Crippen molar-refractivity contribution in [3.63, 3.8) is 0 Å². The van der Waals surface area contributed by atoms with Crippen molar-refractivity contribution in [3.05, 3.63) is 28.7 Å². The topological polar surface area (TPSA) is 27.7 Å². The van der Waals surface area contributed by atoms with Crippen LogP contribution in [-0.2, 0) is 9.47 Å². The first-order chi connectivity index (χ1) is 8.57. The first kappa shape index (κ1) is 12.3. The van der Waals surface area contributed by atoms with Gasteiger partial charge in [0.05, 0.1) is 6.61 Å². The molecule has 98 valence electrons. The second-order valence-corrected chi connectivity index (χ2v) is 5.29. The number of benzene rings is 1. The average molecular weight is 321 g/mol. The lowest BCUT2D eigenvalue weighted by atomic mass is 10.3. The third kappa shape index (κ3) is 2.24. The second kappa shape index (κ2) is 4.43. The number of alkyl halides is 2. The van der Waals surface area contributed by atoms with Crippen LogP contribution in [0.1, 0.15) is 0 Å². The van der Waals surface area contributed by atoms with E-state index in [0.717, 1.165) is 4.47 Å². The number of hydrogen-bond donors (Lipinski definition) is 0. The minimum Gasteiger partial charge on any atom is -0.491 e. The van der Waals surface area contributed by atoms with Crippen LogP contribution in [0, 0.1) is 0 Å². The highest BCUT2D eigenvalue weighted by atomic mass is 79.9. The van der Waals surface area contributed by atoms with Crippen molar-refractivity contribution < 1.29 is 23.0 Å². The molecular formula is C12H11BrF2O3. The number of hydrogen-bond acceptors (Lipinski definition) is 3. The molecule has 3 atom stereocenters.